The van der Waals surface area contributed by atoms with Crippen LogP contribution in [0.1, 0.15) is 51.4 Å². The van der Waals surface area contributed by atoms with Gasteiger partial charge in [-0.15, -0.1) is 0 Å². The number of nitrogens with zero attached hydrogens (tertiary/aromatic N) is 1. The molecule has 3 aliphatic heterocycles. The van der Waals surface area contributed by atoms with Gasteiger partial charge in [-0.25, -0.2) is 4.39 Å². The van der Waals surface area contributed by atoms with Crippen LogP contribution in [0.25, 0.3) is 0 Å². The number of hydrogen-bond acceptors (Lipinski definition) is 8. The number of rotatable bonds is 6. The third kappa shape index (κ3) is 6.00. The molecule has 7 N–H and O–H groups in total. The van der Waals surface area contributed by atoms with Crippen molar-refractivity contribution in [3.8, 4) is 0 Å². The molecular weight excluding hydrogens is 451 g/mol. The summed E-state index contributed by atoms with van der Waals surface area (Å²) >= 11 is 0. The molecule has 0 aromatic heterocycles. The van der Waals surface area contributed by atoms with Gasteiger partial charge in [0.2, 0.25) is 5.91 Å². The fourth-order valence-corrected chi connectivity index (χ4v) is 7.09. The van der Waals surface area contributed by atoms with E-state index >= 15 is 0 Å². The van der Waals surface area contributed by atoms with E-state index in [0.717, 1.165) is 58.2 Å². The second-order valence-electron chi connectivity index (χ2n) is 11.4. The number of halogens is 1. The fraction of sp³-hybridized carbons (Fsp3) is 0.960. The Labute approximate surface area is 208 Å². The van der Waals surface area contributed by atoms with Crippen LogP contribution in [0.4, 0.5) is 4.39 Å². The van der Waals surface area contributed by atoms with Crippen molar-refractivity contribution in [3.63, 3.8) is 0 Å². The van der Waals surface area contributed by atoms with Crippen LogP contribution in [-0.2, 0) is 14.3 Å². The average Bonchev–Trinajstić information content (AvgIpc) is 3.17. The standard InChI is InChI=1S/C25H45FN6O3/c26-16-4-5-18-20(14-35-21(18)11-16)31-25(33)15-2-1-3-17(10-15)30-13-23(27)32-8-9-34-22-12-29-7-6-19(22)24(32)28/h15-24,29-30H,1-14,27-28H2,(H,31,33)/t15?,16?,17?,18?,19?,20-,21?,22?,23?,24?/m1/s1. The van der Waals surface area contributed by atoms with Gasteiger partial charge in [-0.3, -0.25) is 9.69 Å². The normalized spacial score (nSPS) is 43.6. The van der Waals surface area contributed by atoms with Crippen molar-refractivity contribution in [1.29, 1.82) is 0 Å². The summed E-state index contributed by atoms with van der Waals surface area (Å²) in [5, 5.41) is 10.3. The average molecular weight is 497 g/mol. The highest BCUT2D eigenvalue weighted by Gasteiger charge is 2.43. The molecule has 2 aliphatic carbocycles. The second-order valence-corrected chi connectivity index (χ2v) is 11.4. The van der Waals surface area contributed by atoms with E-state index in [-0.39, 0.29) is 54.4 Å². The Morgan fingerprint density at radius 2 is 2.00 bits per heavy atom. The molecule has 9 nitrogen and oxygen atoms in total. The number of nitrogens with one attached hydrogen (secondary N) is 3. The lowest BCUT2D eigenvalue weighted by Crippen LogP contribution is -2.61. The first-order chi connectivity index (χ1) is 17.0. The molecule has 9 unspecified atom stereocenters. The van der Waals surface area contributed by atoms with Crippen molar-refractivity contribution < 1.29 is 18.7 Å². The number of alkyl halides is 1. The minimum atomic E-state index is -0.764. The highest BCUT2D eigenvalue weighted by atomic mass is 19.1. The molecule has 3 heterocycles. The van der Waals surface area contributed by atoms with Crippen LogP contribution in [0.3, 0.4) is 0 Å². The maximum atomic E-state index is 13.7. The van der Waals surface area contributed by atoms with Gasteiger partial charge < -0.3 is 36.9 Å². The van der Waals surface area contributed by atoms with Crippen LogP contribution in [0.15, 0.2) is 0 Å². The molecule has 0 radical (unpaired) electrons. The molecule has 2 saturated carbocycles. The van der Waals surface area contributed by atoms with Crippen molar-refractivity contribution in [2.45, 2.75) is 94.2 Å². The lowest BCUT2D eigenvalue weighted by Gasteiger charge is -2.40. The number of piperidine rings is 1. The van der Waals surface area contributed by atoms with Crippen LogP contribution >= 0.6 is 0 Å². The Balaban J connectivity index is 1.08. The third-order valence-electron chi connectivity index (χ3n) is 9.18. The lowest BCUT2D eigenvalue weighted by molar-refractivity contribution is -0.127. The summed E-state index contributed by atoms with van der Waals surface area (Å²) in [6, 6.07) is 0.290. The van der Waals surface area contributed by atoms with Gasteiger partial charge >= 0.3 is 0 Å². The van der Waals surface area contributed by atoms with Gasteiger partial charge in [0.15, 0.2) is 0 Å². The molecule has 0 bridgehead atoms. The number of fused-ring (bicyclic) bond motifs is 2. The second kappa shape index (κ2) is 11.7. The zero-order chi connectivity index (χ0) is 24.4. The van der Waals surface area contributed by atoms with Crippen molar-refractivity contribution >= 4 is 5.91 Å². The summed E-state index contributed by atoms with van der Waals surface area (Å²) in [4.78, 5) is 15.3. The molecular formula is C25H45FN6O3. The van der Waals surface area contributed by atoms with Gasteiger partial charge in [0.05, 0.1) is 43.8 Å². The summed E-state index contributed by atoms with van der Waals surface area (Å²) in [5.41, 5.74) is 13.3. The molecule has 200 valence electrons. The molecule has 5 aliphatic rings. The van der Waals surface area contributed by atoms with E-state index in [1.807, 2.05) is 0 Å². The maximum Gasteiger partial charge on any atom is 0.223 e. The molecule has 10 atom stereocenters. The number of carbonyl (C=O) groups is 1. The Morgan fingerprint density at radius 3 is 2.89 bits per heavy atom. The molecule has 5 rings (SSSR count). The van der Waals surface area contributed by atoms with Crippen LogP contribution in [0, 0.1) is 17.8 Å². The Hall–Kier alpha value is -0.880. The first-order valence-corrected chi connectivity index (χ1v) is 13.9. The van der Waals surface area contributed by atoms with E-state index in [1.54, 1.807) is 0 Å². The van der Waals surface area contributed by atoms with Crippen LogP contribution in [0.2, 0.25) is 0 Å². The number of ether oxygens (including phenoxy) is 2. The van der Waals surface area contributed by atoms with Crippen LogP contribution in [-0.4, -0.2) is 93.0 Å². The SMILES string of the molecule is NC(CNC1CCCC(C(=O)N[C@@H]2COC3CC(F)CCC32)C1)N1CCOC2CNCCC2C1N. The van der Waals surface area contributed by atoms with Gasteiger partial charge in [-0.1, -0.05) is 6.42 Å². The Bertz CT molecular complexity index is 719. The Kier molecular flexibility index (Phi) is 8.59. The zero-order valence-electron chi connectivity index (χ0n) is 20.9. The summed E-state index contributed by atoms with van der Waals surface area (Å²) in [5.74, 6) is 0.675. The van der Waals surface area contributed by atoms with Gasteiger partial charge in [-0.2, -0.15) is 0 Å². The van der Waals surface area contributed by atoms with E-state index in [4.69, 9.17) is 20.9 Å². The number of hydrogen-bond donors (Lipinski definition) is 5. The quantitative estimate of drug-likeness (QED) is 0.349. The van der Waals surface area contributed by atoms with Gasteiger partial charge in [0.1, 0.15) is 6.17 Å². The van der Waals surface area contributed by atoms with Crippen molar-refractivity contribution in [2.24, 2.45) is 29.2 Å². The van der Waals surface area contributed by atoms with Gasteiger partial charge in [-0.05, 0) is 45.1 Å². The minimum absolute atomic E-state index is 0.00150. The molecule has 10 heteroatoms. The molecule has 1 amide bonds. The number of nitrogens with two attached hydrogens (primary N) is 2. The highest BCUT2D eigenvalue weighted by molar-refractivity contribution is 5.79. The first kappa shape index (κ1) is 25.8. The van der Waals surface area contributed by atoms with Crippen molar-refractivity contribution in [1.82, 2.24) is 20.9 Å². The van der Waals surface area contributed by atoms with E-state index in [2.05, 4.69) is 20.9 Å². The molecule has 0 spiro atoms. The molecule has 0 aromatic carbocycles. The number of carbonyl (C=O) groups excluding carboxylic acids is 1. The fourth-order valence-electron chi connectivity index (χ4n) is 7.09. The lowest BCUT2D eigenvalue weighted by atomic mass is 9.81. The molecule has 5 fully saturated rings. The van der Waals surface area contributed by atoms with E-state index < -0.39 is 6.17 Å². The predicted molar refractivity (Wildman–Crippen MR) is 131 cm³/mol. The predicted octanol–water partition coefficient (Wildman–Crippen LogP) is 0.0365. The Morgan fingerprint density at radius 1 is 1.11 bits per heavy atom. The van der Waals surface area contributed by atoms with Crippen LogP contribution in [0.5, 0.6) is 0 Å². The highest BCUT2D eigenvalue weighted by Crippen LogP contribution is 2.36. The van der Waals surface area contributed by atoms with Gasteiger partial charge in [0, 0.05) is 49.9 Å². The van der Waals surface area contributed by atoms with E-state index in [1.165, 1.54) is 0 Å². The topological polar surface area (TPSA) is 127 Å². The molecule has 0 aromatic rings. The summed E-state index contributed by atoms with van der Waals surface area (Å²) < 4.78 is 25.6. The van der Waals surface area contributed by atoms with Crippen molar-refractivity contribution in [2.75, 3.05) is 39.4 Å². The van der Waals surface area contributed by atoms with Gasteiger partial charge in [0.25, 0.3) is 0 Å². The number of amides is 1. The third-order valence-corrected chi connectivity index (χ3v) is 9.18. The first-order valence-electron chi connectivity index (χ1n) is 13.9. The minimum Gasteiger partial charge on any atom is -0.376 e. The monoisotopic (exact) mass is 496 g/mol. The molecule has 35 heavy (non-hydrogen) atoms. The van der Waals surface area contributed by atoms with Crippen molar-refractivity contribution in [3.05, 3.63) is 0 Å². The maximum absolute atomic E-state index is 13.7. The largest absolute Gasteiger partial charge is 0.376 e. The smallest absolute Gasteiger partial charge is 0.223 e. The van der Waals surface area contributed by atoms with E-state index in [0.29, 0.717) is 38.5 Å². The summed E-state index contributed by atoms with van der Waals surface area (Å²) in [7, 11) is 0. The van der Waals surface area contributed by atoms with E-state index in [9.17, 15) is 9.18 Å². The summed E-state index contributed by atoms with van der Waals surface area (Å²) in [6.45, 7) is 4.36. The summed E-state index contributed by atoms with van der Waals surface area (Å²) in [6.07, 6.45) is 5.73. The van der Waals surface area contributed by atoms with Crippen LogP contribution < -0.4 is 27.4 Å². The molecule has 3 saturated heterocycles. The zero-order valence-corrected chi connectivity index (χ0v) is 20.9.